The summed E-state index contributed by atoms with van der Waals surface area (Å²) in [6, 6.07) is 1.44. The quantitative estimate of drug-likeness (QED) is 0.569. The van der Waals surface area contributed by atoms with Crippen LogP contribution in [0.15, 0.2) is 12.1 Å². The molecular weight excluding hydrogens is 315 g/mol. The fourth-order valence-electron chi connectivity index (χ4n) is 0.903. The van der Waals surface area contributed by atoms with Crippen molar-refractivity contribution >= 4 is 22.6 Å². The normalized spacial score (nSPS) is 11.6. The molecule has 1 rings (SSSR count). The largest absolute Gasteiger partial charge is 0.494 e. The second-order valence-corrected chi connectivity index (χ2v) is 3.63. The van der Waals surface area contributed by atoms with E-state index in [9.17, 15) is 17.6 Å². The first kappa shape index (κ1) is 11.5. The molecule has 1 aromatic carbocycles. The van der Waals surface area contributed by atoms with E-state index in [-0.39, 0.29) is 3.57 Å². The van der Waals surface area contributed by atoms with Crippen LogP contribution in [0.25, 0.3) is 0 Å². The van der Waals surface area contributed by atoms with E-state index >= 15 is 0 Å². The van der Waals surface area contributed by atoms with Crippen LogP contribution in [0.5, 0.6) is 5.75 Å². The number of hydrogen-bond donors (Lipinski definition) is 0. The van der Waals surface area contributed by atoms with Gasteiger partial charge in [-0.05, 0) is 34.7 Å². The van der Waals surface area contributed by atoms with E-state index in [1.807, 2.05) is 0 Å². The lowest BCUT2D eigenvalue weighted by molar-refractivity contribution is -0.138. The fraction of sp³-hybridized carbons (Fsp3) is 0.250. The first-order valence-electron chi connectivity index (χ1n) is 3.46. The maximum absolute atomic E-state index is 12.9. The lowest BCUT2D eigenvalue weighted by atomic mass is 10.2. The van der Waals surface area contributed by atoms with Crippen LogP contribution in [0.4, 0.5) is 17.6 Å². The Kier molecular flexibility index (Phi) is 3.23. The van der Waals surface area contributed by atoms with Crippen LogP contribution in [-0.4, -0.2) is 7.11 Å². The zero-order valence-corrected chi connectivity index (χ0v) is 9.11. The van der Waals surface area contributed by atoms with Crippen molar-refractivity contribution in [2.24, 2.45) is 0 Å². The minimum Gasteiger partial charge on any atom is -0.494 e. The third-order valence-corrected chi connectivity index (χ3v) is 2.44. The molecule has 0 heterocycles. The molecule has 0 saturated carbocycles. The Morgan fingerprint density at radius 1 is 1.29 bits per heavy atom. The number of alkyl halides is 3. The van der Waals surface area contributed by atoms with E-state index in [0.717, 1.165) is 13.2 Å². The van der Waals surface area contributed by atoms with Crippen LogP contribution in [0.3, 0.4) is 0 Å². The van der Waals surface area contributed by atoms with Gasteiger partial charge in [-0.3, -0.25) is 0 Å². The molecular formula is C8H5F4IO. The minimum absolute atomic E-state index is 0.187. The van der Waals surface area contributed by atoms with Gasteiger partial charge < -0.3 is 4.74 Å². The molecule has 6 heteroatoms. The topological polar surface area (TPSA) is 9.23 Å². The molecule has 0 N–H and O–H groups in total. The van der Waals surface area contributed by atoms with Crippen LogP contribution in [0.2, 0.25) is 0 Å². The highest BCUT2D eigenvalue weighted by Gasteiger charge is 2.34. The van der Waals surface area contributed by atoms with E-state index in [4.69, 9.17) is 0 Å². The molecule has 0 aromatic heterocycles. The number of rotatable bonds is 1. The van der Waals surface area contributed by atoms with Crippen molar-refractivity contribution in [3.05, 3.63) is 27.1 Å². The summed E-state index contributed by atoms with van der Waals surface area (Å²) in [4.78, 5) is 0. The predicted molar refractivity (Wildman–Crippen MR) is 50.7 cm³/mol. The van der Waals surface area contributed by atoms with Crippen LogP contribution in [0.1, 0.15) is 5.56 Å². The molecule has 0 spiro atoms. The molecule has 0 bridgehead atoms. The van der Waals surface area contributed by atoms with Gasteiger partial charge in [-0.1, -0.05) is 0 Å². The van der Waals surface area contributed by atoms with Gasteiger partial charge in [-0.15, -0.1) is 0 Å². The number of ether oxygens (including phenoxy) is 1. The summed E-state index contributed by atoms with van der Waals surface area (Å²) in [5.74, 6) is -1.21. The second kappa shape index (κ2) is 3.92. The SMILES string of the molecule is COc1cc(C(F)(F)F)c(I)cc1F. The molecule has 0 aliphatic carbocycles. The van der Waals surface area contributed by atoms with Crippen molar-refractivity contribution in [1.29, 1.82) is 0 Å². The number of benzene rings is 1. The number of hydrogen-bond acceptors (Lipinski definition) is 1. The molecule has 0 saturated heterocycles. The van der Waals surface area contributed by atoms with E-state index in [0.29, 0.717) is 6.07 Å². The molecule has 14 heavy (non-hydrogen) atoms. The molecule has 0 radical (unpaired) electrons. The lowest BCUT2D eigenvalue weighted by Gasteiger charge is -2.11. The summed E-state index contributed by atoms with van der Waals surface area (Å²) in [6.07, 6.45) is -4.49. The maximum Gasteiger partial charge on any atom is 0.417 e. The van der Waals surface area contributed by atoms with Crippen molar-refractivity contribution in [1.82, 2.24) is 0 Å². The Hall–Kier alpha value is -0.530. The first-order valence-corrected chi connectivity index (χ1v) is 4.54. The number of methoxy groups -OCH3 is 1. The number of halogens is 5. The van der Waals surface area contributed by atoms with Gasteiger partial charge >= 0.3 is 6.18 Å². The summed E-state index contributed by atoms with van der Waals surface area (Å²) < 4.78 is 54.1. The predicted octanol–water partition coefficient (Wildman–Crippen LogP) is 3.46. The van der Waals surface area contributed by atoms with Crippen LogP contribution >= 0.6 is 22.6 Å². The van der Waals surface area contributed by atoms with Gasteiger partial charge in [0.05, 0.1) is 12.7 Å². The molecule has 0 atom stereocenters. The van der Waals surface area contributed by atoms with Crippen LogP contribution in [-0.2, 0) is 6.18 Å². The van der Waals surface area contributed by atoms with Crippen LogP contribution < -0.4 is 4.74 Å². The molecule has 0 aliphatic heterocycles. The van der Waals surface area contributed by atoms with E-state index in [1.165, 1.54) is 22.6 Å². The minimum atomic E-state index is -4.49. The zero-order chi connectivity index (χ0) is 10.9. The van der Waals surface area contributed by atoms with Gasteiger partial charge in [-0.2, -0.15) is 13.2 Å². The van der Waals surface area contributed by atoms with Crippen molar-refractivity contribution < 1.29 is 22.3 Å². The average molecular weight is 320 g/mol. The maximum atomic E-state index is 12.9. The smallest absolute Gasteiger partial charge is 0.417 e. The Morgan fingerprint density at radius 3 is 2.29 bits per heavy atom. The molecule has 1 aromatic rings. The van der Waals surface area contributed by atoms with Crippen molar-refractivity contribution in [3.63, 3.8) is 0 Å². The van der Waals surface area contributed by atoms with E-state index < -0.39 is 23.3 Å². The Labute approximate surface area is 91.2 Å². The fourth-order valence-corrected chi connectivity index (χ4v) is 1.64. The summed E-state index contributed by atoms with van der Waals surface area (Å²) >= 11 is 1.43. The summed E-state index contributed by atoms with van der Waals surface area (Å²) in [5, 5.41) is 0. The highest BCUT2D eigenvalue weighted by Crippen LogP contribution is 2.36. The van der Waals surface area contributed by atoms with Crippen molar-refractivity contribution in [2.75, 3.05) is 7.11 Å². The monoisotopic (exact) mass is 320 g/mol. The molecule has 1 nitrogen and oxygen atoms in total. The highest BCUT2D eigenvalue weighted by molar-refractivity contribution is 14.1. The Morgan fingerprint density at radius 2 is 1.86 bits per heavy atom. The van der Waals surface area contributed by atoms with Gasteiger partial charge in [0.2, 0.25) is 0 Å². The van der Waals surface area contributed by atoms with Gasteiger partial charge in [0.1, 0.15) is 0 Å². The molecule has 78 valence electrons. The molecule has 0 amide bonds. The molecule has 0 unspecified atom stereocenters. The average Bonchev–Trinajstić information content (AvgIpc) is 2.02. The Bertz CT molecular complexity index is 348. The third kappa shape index (κ3) is 2.28. The molecule has 0 aliphatic rings. The van der Waals surface area contributed by atoms with Crippen molar-refractivity contribution in [2.45, 2.75) is 6.18 Å². The van der Waals surface area contributed by atoms with Crippen molar-refractivity contribution in [3.8, 4) is 5.75 Å². The third-order valence-electron chi connectivity index (χ3n) is 1.55. The molecule has 0 fully saturated rings. The van der Waals surface area contributed by atoms with Gasteiger partial charge in [0.15, 0.2) is 11.6 Å². The van der Waals surface area contributed by atoms with E-state index in [2.05, 4.69) is 4.74 Å². The van der Waals surface area contributed by atoms with E-state index in [1.54, 1.807) is 0 Å². The van der Waals surface area contributed by atoms with Gasteiger partial charge in [0.25, 0.3) is 0 Å². The van der Waals surface area contributed by atoms with Gasteiger partial charge in [0, 0.05) is 3.57 Å². The lowest BCUT2D eigenvalue weighted by Crippen LogP contribution is -2.08. The summed E-state index contributed by atoms with van der Waals surface area (Å²) in [7, 11) is 1.12. The first-order chi connectivity index (χ1) is 6.36. The van der Waals surface area contributed by atoms with Crippen LogP contribution in [0, 0.1) is 9.39 Å². The summed E-state index contributed by atoms with van der Waals surface area (Å²) in [6.45, 7) is 0. The zero-order valence-electron chi connectivity index (χ0n) is 6.95. The summed E-state index contributed by atoms with van der Waals surface area (Å²) in [5.41, 5.74) is -0.892. The second-order valence-electron chi connectivity index (χ2n) is 2.46. The highest BCUT2D eigenvalue weighted by atomic mass is 127. The van der Waals surface area contributed by atoms with Gasteiger partial charge in [-0.25, -0.2) is 4.39 Å². The Balaban J connectivity index is 3.32. The standard InChI is InChI=1S/C8H5F4IO/c1-14-7-2-4(8(10,11)12)6(13)3-5(7)9/h2-3H,1H3.